The summed E-state index contributed by atoms with van der Waals surface area (Å²) < 4.78 is 11.0. The number of hydrogen-bond donors (Lipinski definition) is 0. The van der Waals surface area contributed by atoms with Crippen LogP contribution in [0.4, 0.5) is 5.82 Å². The van der Waals surface area contributed by atoms with E-state index in [0.717, 1.165) is 22.8 Å². The Labute approximate surface area is 192 Å². The molecule has 1 amide bonds. The molecule has 0 bridgehead atoms. The molecular weight excluding hydrogens is 428 g/mol. The molecule has 2 heterocycles. The van der Waals surface area contributed by atoms with E-state index >= 15 is 0 Å². The first-order valence-corrected chi connectivity index (χ1v) is 10.9. The Morgan fingerprint density at radius 2 is 1.62 bits per heavy atom. The summed E-state index contributed by atoms with van der Waals surface area (Å²) >= 11 is 6.25. The number of amides is 1. The monoisotopic (exact) mass is 452 g/mol. The summed E-state index contributed by atoms with van der Waals surface area (Å²) in [5.74, 6) is 2.14. The Balaban J connectivity index is 1.32. The number of anilines is 1. The topological polar surface area (TPSA) is 67.8 Å². The zero-order valence-corrected chi connectivity index (χ0v) is 18.8. The molecule has 1 fully saturated rings. The van der Waals surface area contributed by atoms with E-state index in [0.29, 0.717) is 37.0 Å². The molecule has 3 aromatic rings. The highest BCUT2D eigenvalue weighted by molar-refractivity contribution is 6.33. The van der Waals surface area contributed by atoms with Crippen molar-refractivity contribution >= 4 is 23.3 Å². The van der Waals surface area contributed by atoms with Gasteiger partial charge in [0.05, 0.1) is 17.8 Å². The SMILES string of the molecule is COc1ccc(OC(C)C(=O)N2CCN(c3ccc(-c4ccccc4Cl)nn3)CC2)cc1. The van der Waals surface area contributed by atoms with E-state index < -0.39 is 6.10 Å². The summed E-state index contributed by atoms with van der Waals surface area (Å²) in [5, 5.41) is 9.36. The molecule has 1 unspecified atom stereocenters. The van der Waals surface area contributed by atoms with Gasteiger partial charge >= 0.3 is 0 Å². The molecule has 4 rings (SSSR count). The second kappa shape index (κ2) is 9.87. The van der Waals surface area contributed by atoms with Gasteiger partial charge in [-0.2, -0.15) is 0 Å². The summed E-state index contributed by atoms with van der Waals surface area (Å²) in [6.45, 7) is 4.34. The number of piperazine rings is 1. The van der Waals surface area contributed by atoms with Crippen molar-refractivity contribution < 1.29 is 14.3 Å². The lowest BCUT2D eigenvalue weighted by atomic mass is 10.1. The van der Waals surface area contributed by atoms with E-state index in [1.165, 1.54) is 0 Å². The minimum Gasteiger partial charge on any atom is -0.497 e. The van der Waals surface area contributed by atoms with Crippen molar-refractivity contribution in [2.75, 3.05) is 38.2 Å². The average Bonchev–Trinajstić information content (AvgIpc) is 2.84. The van der Waals surface area contributed by atoms with Gasteiger partial charge < -0.3 is 19.3 Å². The Hall–Kier alpha value is -3.32. The summed E-state index contributed by atoms with van der Waals surface area (Å²) in [7, 11) is 1.61. The Morgan fingerprint density at radius 1 is 0.938 bits per heavy atom. The van der Waals surface area contributed by atoms with Crippen molar-refractivity contribution in [3.8, 4) is 22.8 Å². The van der Waals surface area contributed by atoms with E-state index in [-0.39, 0.29) is 5.91 Å². The average molecular weight is 453 g/mol. The number of methoxy groups -OCH3 is 1. The molecule has 7 nitrogen and oxygen atoms in total. The number of rotatable bonds is 6. The second-order valence-corrected chi connectivity index (χ2v) is 7.91. The molecule has 8 heteroatoms. The molecule has 32 heavy (non-hydrogen) atoms. The van der Waals surface area contributed by atoms with Gasteiger partial charge in [0.2, 0.25) is 0 Å². The summed E-state index contributed by atoms with van der Waals surface area (Å²) in [6, 6.07) is 18.6. The first-order chi connectivity index (χ1) is 15.5. The molecule has 0 aliphatic carbocycles. The fraction of sp³-hybridized carbons (Fsp3) is 0.292. The lowest BCUT2D eigenvalue weighted by Crippen LogP contribution is -2.52. The number of carbonyl (C=O) groups is 1. The van der Waals surface area contributed by atoms with Crippen LogP contribution in [-0.4, -0.2) is 60.4 Å². The quantitative estimate of drug-likeness (QED) is 0.564. The number of hydrogen-bond acceptors (Lipinski definition) is 6. The smallest absolute Gasteiger partial charge is 0.263 e. The Bertz CT molecular complexity index is 1050. The van der Waals surface area contributed by atoms with E-state index in [2.05, 4.69) is 15.1 Å². The van der Waals surface area contributed by atoms with Gasteiger partial charge in [0.1, 0.15) is 11.5 Å². The highest BCUT2D eigenvalue weighted by Gasteiger charge is 2.26. The van der Waals surface area contributed by atoms with Gasteiger partial charge in [-0.25, -0.2) is 0 Å². The van der Waals surface area contributed by atoms with E-state index in [1.807, 2.05) is 53.4 Å². The van der Waals surface area contributed by atoms with Gasteiger partial charge in [-0.3, -0.25) is 4.79 Å². The van der Waals surface area contributed by atoms with Crippen molar-refractivity contribution in [2.24, 2.45) is 0 Å². The minimum atomic E-state index is -0.565. The Morgan fingerprint density at radius 3 is 2.25 bits per heavy atom. The lowest BCUT2D eigenvalue weighted by Gasteiger charge is -2.36. The number of nitrogens with zero attached hydrogens (tertiary/aromatic N) is 4. The molecule has 1 saturated heterocycles. The van der Waals surface area contributed by atoms with Gasteiger partial charge in [0.25, 0.3) is 5.91 Å². The van der Waals surface area contributed by atoms with E-state index in [1.54, 1.807) is 26.2 Å². The van der Waals surface area contributed by atoms with Gasteiger partial charge in [0.15, 0.2) is 11.9 Å². The maximum atomic E-state index is 12.8. The predicted molar refractivity (Wildman–Crippen MR) is 124 cm³/mol. The van der Waals surface area contributed by atoms with Crippen LogP contribution in [0.1, 0.15) is 6.92 Å². The van der Waals surface area contributed by atoms with Crippen LogP contribution in [0.3, 0.4) is 0 Å². The number of carbonyl (C=O) groups excluding carboxylic acids is 1. The molecule has 1 aromatic heterocycles. The van der Waals surface area contributed by atoms with Crippen LogP contribution in [0.2, 0.25) is 5.02 Å². The van der Waals surface area contributed by atoms with Crippen LogP contribution < -0.4 is 14.4 Å². The lowest BCUT2D eigenvalue weighted by molar-refractivity contribution is -0.138. The summed E-state index contributed by atoms with van der Waals surface area (Å²) in [6.07, 6.45) is -0.565. The van der Waals surface area contributed by atoms with Gasteiger partial charge in [-0.05, 0) is 49.4 Å². The highest BCUT2D eigenvalue weighted by atomic mass is 35.5. The number of ether oxygens (including phenoxy) is 2. The van der Waals surface area contributed by atoms with Crippen LogP contribution >= 0.6 is 11.6 Å². The van der Waals surface area contributed by atoms with Crippen LogP contribution in [0.5, 0.6) is 11.5 Å². The fourth-order valence-corrected chi connectivity index (χ4v) is 3.86. The molecule has 166 valence electrons. The van der Waals surface area contributed by atoms with Crippen molar-refractivity contribution in [1.82, 2.24) is 15.1 Å². The van der Waals surface area contributed by atoms with E-state index in [9.17, 15) is 4.79 Å². The maximum absolute atomic E-state index is 12.8. The van der Waals surface area contributed by atoms with Crippen molar-refractivity contribution in [3.63, 3.8) is 0 Å². The predicted octanol–water partition coefficient (Wildman–Crippen LogP) is 3.92. The molecule has 0 saturated carbocycles. The molecule has 0 spiro atoms. The first kappa shape index (κ1) is 21.9. The zero-order chi connectivity index (χ0) is 22.5. The third kappa shape index (κ3) is 4.94. The molecule has 2 aromatic carbocycles. The standard InChI is InChI=1S/C24H25ClN4O3/c1-17(32-19-9-7-18(31-2)8-10-19)24(30)29-15-13-28(14-16-29)23-12-11-22(26-27-23)20-5-3-4-6-21(20)25/h3-12,17H,13-16H2,1-2H3. The normalized spacial score (nSPS) is 14.7. The minimum absolute atomic E-state index is 0.0272. The maximum Gasteiger partial charge on any atom is 0.263 e. The molecule has 1 aliphatic rings. The van der Waals surface area contributed by atoms with Crippen LogP contribution in [0, 0.1) is 0 Å². The highest BCUT2D eigenvalue weighted by Crippen LogP contribution is 2.26. The zero-order valence-electron chi connectivity index (χ0n) is 18.1. The number of aromatic nitrogens is 2. The van der Waals surface area contributed by atoms with Crippen molar-refractivity contribution in [2.45, 2.75) is 13.0 Å². The molecular formula is C24H25ClN4O3. The van der Waals surface area contributed by atoms with Crippen LogP contribution in [-0.2, 0) is 4.79 Å². The summed E-state index contributed by atoms with van der Waals surface area (Å²) in [5.41, 5.74) is 1.59. The third-order valence-electron chi connectivity index (χ3n) is 5.44. The van der Waals surface area contributed by atoms with Gasteiger partial charge in [0, 0.05) is 31.7 Å². The fourth-order valence-electron chi connectivity index (χ4n) is 3.63. The number of benzene rings is 2. The van der Waals surface area contributed by atoms with Crippen molar-refractivity contribution in [3.05, 3.63) is 65.7 Å². The van der Waals surface area contributed by atoms with Gasteiger partial charge in [-0.1, -0.05) is 29.8 Å². The molecule has 1 aliphatic heterocycles. The molecule has 0 N–H and O–H groups in total. The largest absolute Gasteiger partial charge is 0.497 e. The third-order valence-corrected chi connectivity index (χ3v) is 5.77. The van der Waals surface area contributed by atoms with Crippen LogP contribution in [0.25, 0.3) is 11.3 Å². The second-order valence-electron chi connectivity index (χ2n) is 7.50. The Kier molecular flexibility index (Phi) is 6.75. The van der Waals surface area contributed by atoms with Crippen molar-refractivity contribution in [1.29, 1.82) is 0 Å². The van der Waals surface area contributed by atoms with Crippen LogP contribution in [0.15, 0.2) is 60.7 Å². The first-order valence-electron chi connectivity index (χ1n) is 10.5. The molecule has 1 atom stereocenters. The molecule has 0 radical (unpaired) electrons. The van der Waals surface area contributed by atoms with Gasteiger partial charge in [-0.15, -0.1) is 10.2 Å². The van der Waals surface area contributed by atoms with E-state index in [4.69, 9.17) is 21.1 Å². The number of halogens is 1. The summed E-state index contributed by atoms with van der Waals surface area (Å²) in [4.78, 5) is 16.8.